The number of carbonyl (C=O) groups excluding carboxylic acids is 1. The minimum atomic E-state index is -0.666. The van der Waals surface area contributed by atoms with E-state index in [1.807, 2.05) is 0 Å². The van der Waals surface area contributed by atoms with Crippen LogP contribution in [0.5, 0.6) is 0 Å². The maximum absolute atomic E-state index is 12.3. The molecule has 0 radical (unpaired) electrons. The van der Waals surface area contributed by atoms with Crippen molar-refractivity contribution in [2.45, 2.75) is 32.7 Å². The first-order valence-electron chi connectivity index (χ1n) is 8.03. The summed E-state index contributed by atoms with van der Waals surface area (Å²) in [6.45, 7) is 2.75. The number of hydrogen-bond acceptors (Lipinski definition) is 3. The number of amides is 1. The molecule has 0 aliphatic heterocycles. The lowest BCUT2D eigenvalue weighted by atomic mass is 10.1. The minimum Gasteiger partial charge on any atom is -0.315 e. The van der Waals surface area contributed by atoms with Crippen LogP contribution in [0, 0.1) is 0 Å². The summed E-state index contributed by atoms with van der Waals surface area (Å²) in [4.78, 5) is 23.3. The van der Waals surface area contributed by atoms with Crippen molar-refractivity contribution in [3.05, 3.63) is 75.7 Å². The predicted molar refractivity (Wildman–Crippen MR) is 93.8 cm³/mol. The van der Waals surface area contributed by atoms with E-state index in [2.05, 4.69) is 31.2 Å². The molecule has 126 valence electrons. The number of nitrogens with one attached hydrogen (secondary N) is 1. The summed E-state index contributed by atoms with van der Waals surface area (Å²) in [7, 11) is 0. The summed E-state index contributed by atoms with van der Waals surface area (Å²) >= 11 is 0. The van der Waals surface area contributed by atoms with Crippen LogP contribution in [-0.4, -0.2) is 15.7 Å². The van der Waals surface area contributed by atoms with Gasteiger partial charge in [0.05, 0.1) is 0 Å². The van der Waals surface area contributed by atoms with Crippen LogP contribution in [0.25, 0.3) is 6.08 Å². The summed E-state index contributed by atoms with van der Waals surface area (Å²) in [5.41, 5.74) is 4.33. The van der Waals surface area contributed by atoms with E-state index in [-0.39, 0.29) is 5.56 Å². The molecule has 0 saturated carbocycles. The van der Waals surface area contributed by atoms with E-state index in [9.17, 15) is 9.59 Å². The van der Waals surface area contributed by atoms with Crippen LogP contribution in [0.3, 0.4) is 0 Å². The molecule has 0 aliphatic rings. The molecular formula is C19H22N2O3. The van der Waals surface area contributed by atoms with E-state index in [1.54, 1.807) is 22.9 Å². The van der Waals surface area contributed by atoms with Crippen molar-refractivity contribution in [1.82, 2.24) is 10.0 Å². The molecule has 0 aliphatic carbocycles. The number of pyridine rings is 1. The smallest absolute Gasteiger partial charge is 0.267 e. The first-order valence-corrected chi connectivity index (χ1v) is 8.03. The van der Waals surface area contributed by atoms with Crippen LogP contribution >= 0.6 is 0 Å². The van der Waals surface area contributed by atoms with E-state index < -0.39 is 5.91 Å². The van der Waals surface area contributed by atoms with Gasteiger partial charge in [0.2, 0.25) is 0 Å². The Bertz CT molecular complexity index is 761. The number of hydroxylamine groups is 1. The molecule has 1 amide bonds. The highest BCUT2D eigenvalue weighted by molar-refractivity contribution is 5.90. The largest absolute Gasteiger partial charge is 0.315 e. The average Bonchev–Trinajstić information content (AvgIpc) is 2.62. The molecule has 0 bridgehead atoms. The summed E-state index contributed by atoms with van der Waals surface area (Å²) in [5, 5.41) is 8.46. The number of benzene rings is 1. The average molecular weight is 326 g/mol. The molecular weight excluding hydrogens is 304 g/mol. The molecule has 5 nitrogen and oxygen atoms in total. The Morgan fingerprint density at radius 3 is 2.58 bits per heavy atom. The second kappa shape index (κ2) is 8.84. The fourth-order valence-corrected chi connectivity index (χ4v) is 2.46. The molecule has 0 unspecified atom stereocenters. The maximum Gasteiger partial charge on any atom is 0.267 e. The highest BCUT2D eigenvalue weighted by atomic mass is 16.5. The first-order chi connectivity index (χ1) is 11.6. The van der Waals surface area contributed by atoms with Crippen LogP contribution in [-0.2, 0) is 24.2 Å². The van der Waals surface area contributed by atoms with Crippen LogP contribution < -0.4 is 11.0 Å². The highest BCUT2D eigenvalue weighted by Crippen LogP contribution is 2.08. The molecule has 1 aromatic heterocycles. The van der Waals surface area contributed by atoms with Crippen molar-refractivity contribution < 1.29 is 10.0 Å². The lowest BCUT2D eigenvalue weighted by Crippen LogP contribution is -2.22. The van der Waals surface area contributed by atoms with Crippen LogP contribution in [0.15, 0.2) is 53.5 Å². The van der Waals surface area contributed by atoms with Crippen LogP contribution in [0.1, 0.15) is 30.0 Å². The van der Waals surface area contributed by atoms with E-state index in [0.717, 1.165) is 25.3 Å². The summed E-state index contributed by atoms with van der Waals surface area (Å²) in [6.07, 6.45) is 7.06. The van der Waals surface area contributed by atoms with Crippen molar-refractivity contribution in [2.24, 2.45) is 0 Å². The molecule has 2 aromatic rings. The Morgan fingerprint density at radius 1 is 1.21 bits per heavy atom. The standard InChI is InChI=1S/C19H22N2O3/c1-2-15-7-9-16(10-8-15)5-3-13-21-14-4-6-17(19(21)23)11-12-18(22)20-24/h4,6-12,14,24H,2-3,5,13H2,1H3,(H,20,22)/b12-11+. The second-order valence-corrected chi connectivity index (χ2v) is 5.55. The minimum absolute atomic E-state index is 0.152. The molecule has 24 heavy (non-hydrogen) atoms. The third-order valence-corrected chi connectivity index (χ3v) is 3.87. The zero-order chi connectivity index (χ0) is 17.4. The van der Waals surface area contributed by atoms with Gasteiger partial charge in [-0.05, 0) is 48.6 Å². The van der Waals surface area contributed by atoms with E-state index in [1.165, 1.54) is 22.7 Å². The van der Waals surface area contributed by atoms with Gasteiger partial charge in [0, 0.05) is 24.4 Å². The molecule has 0 spiro atoms. The normalized spacial score (nSPS) is 10.9. The fraction of sp³-hybridized carbons (Fsp3) is 0.263. The molecule has 2 rings (SSSR count). The van der Waals surface area contributed by atoms with Gasteiger partial charge >= 0.3 is 0 Å². The zero-order valence-corrected chi connectivity index (χ0v) is 13.7. The molecule has 0 fully saturated rings. The van der Waals surface area contributed by atoms with Crippen LogP contribution in [0.2, 0.25) is 0 Å². The predicted octanol–water partition coefficient (Wildman–Crippen LogP) is 2.56. The van der Waals surface area contributed by atoms with Crippen molar-refractivity contribution in [1.29, 1.82) is 0 Å². The van der Waals surface area contributed by atoms with Crippen LogP contribution in [0.4, 0.5) is 0 Å². The lowest BCUT2D eigenvalue weighted by molar-refractivity contribution is -0.124. The Labute approximate surface area is 141 Å². The van der Waals surface area contributed by atoms with E-state index in [4.69, 9.17) is 5.21 Å². The third kappa shape index (κ3) is 4.93. The maximum atomic E-state index is 12.3. The molecule has 0 atom stereocenters. The summed E-state index contributed by atoms with van der Waals surface area (Å²) < 4.78 is 1.64. The van der Waals surface area contributed by atoms with E-state index >= 15 is 0 Å². The fourth-order valence-electron chi connectivity index (χ4n) is 2.46. The van der Waals surface area contributed by atoms with Crippen molar-refractivity contribution in [3.8, 4) is 0 Å². The van der Waals surface area contributed by atoms with Crippen molar-refractivity contribution in [3.63, 3.8) is 0 Å². The highest BCUT2D eigenvalue weighted by Gasteiger charge is 2.02. The number of aromatic nitrogens is 1. The molecule has 0 saturated heterocycles. The van der Waals surface area contributed by atoms with Gasteiger partial charge in [-0.2, -0.15) is 0 Å². The number of rotatable bonds is 7. The van der Waals surface area contributed by atoms with Gasteiger partial charge in [-0.1, -0.05) is 31.2 Å². The Kier molecular flexibility index (Phi) is 6.51. The van der Waals surface area contributed by atoms with Gasteiger partial charge in [0.15, 0.2) is 0 Å². The Morgan fingerprint density at radius 2 is 1.92 bits per heavy atom. The van der Waals surface area contributed by atoms with Gasteiger partial charge in [0.25, 0.3) is 11.5 Å². The topological polar surface area (TPSA) is 71.3 Å². The van der Waals surface area contributed by atoms with Crippen molar-refractivity contribution in [2.75, 3.05) is 0 Å². The van der Waals surface area contributed by atoms with Gasteiger partial charge in [-0.3, -0.25) is 14.8 Å². The number of carbonyl (C=O) groups is 1. The molecule has 1 aromatic carbocycles. The zero-order valence-electron chi connectivity index (χ0n) is 13.7. The number of nitrogens with zero attached hydrogens (tertiary/aromatic N) is 1. The lowest BCUT2D eigenvalue weighted by Gasteiger charge is -2.07. The Balaban J connectivity index is 1.98. The van der Waals surface area contributed by atoms with Crippen molar-refractivity contribution >= 4 is 12.0 Å². The number of aryl methyl sites for hydroxylation is 3. The first kappa shape index (κ1) is 17.7. The Hall–Kier alpha value is -2.66. The van der Waals surface area contributed by atoms with Gasteiger partial charge in [-0.25, -0.2) is 5.48 Å². The molecule has 1 heterocycles. The van der Waals surface area contributed by atoms with Gasteiger partial charge in [-0.15, -0.1) is 0 Å². The second-order valence-electron chi connectivity index (χ2n) is 5.55. The third-order valence-electron chi connectivity index (χ3n) is 3.87. The quantitative estimate of drug-likeness (QED) is 0.467. The van der Waals surface area contributed by atoms with Gasteiger partial charge in [0.1, 0.15) is 0 Å². The SMILES string of the molecule is CCc1ccc(CCCn2cccc(/C=C/C(=O)NO)c2=O)cc1. The summed E-state index contributed by atoms with van der Waals surface area (Å²) in [5.74, 6) is -0.666. The van der Waals surface area contributed by atoms with E-state index in [0.29, 0.717) is 12.1 Å². The van der Waals surface area contributed by atoms with Gasteiger partial charge < -0.3 is 4.57 Å². The molecule has 5 heteroatoms. The summed E-state index contributed by atoms with van der Waals surface area (Å²) in [6, 6.07) is 12.0. The molecule has 2 N–H and O–H groups in total. The monoisotopic (exact) mass is 326 g/mol. The number of hydrogen-bond donors (Lipinski definition) is 2.